The minimum absolute atomic E-state index is 0.0576. The Morgan fingerprint density at radius 3 is 2.58 bits per heavy atom. The van der Waals surface area contributed by atoms with Crippen LogP contribution in [0.4, 0.5) is 4.39 Å². The molecule has 0 radical (unpaired) electrons. The van der Waals surface area contributed by atoms with E-state index in [0.717, 1.165) is 17.5 Å². The van der Waals surface area contributed by atoms with Crippen LogP contribution in [0.2, 0.25) is 0 Å². The summed E-state index contributed by atoms with van der Waals surface area (Å²) in [5.74, 6) is -0.688. The average Bonchev–Trinajstić information content (AvgIpc) is 2.79. The lowest BCUT2D eigenvalue weighted by molar-refractivity contribution is -0.166. The third-order valence-corrected chi connectivity index (χ3v) is 5.43. The first kappa shape index (κ1) is 23.0. The Kier molecular flexibility index (Phi) is 8.62. The van der Waals surface area contributed by atoms with Crippen LogP contribution >= 0.6 is 0 Å². The van der Waals surface area contributed by atoms with Crippen molar-refractivity contribution in [3.05, 3.63) is 83.4 Å². The molecule has 0 fully saturated rings. The van der Waals surface area contributed by atoms with Gasteiger partial charge in [-0.3, -0.25) is 4.79 Å². The zero-order valence-corrected chi connectivity index (χ0v) is 17.8. The van der Waals surface area contributed by atoms with Gasteiger partial charge in [0.15, 0.2) is 5.76 Å². The summed E-state index contributed by atoms with van der Waals surface area (Å²) in [5, 5.41) is 12.2. The van der Waals surface area contributed by atoms with E-state index in [4.69, 9.17) is 9.47 Å². The summed E-state index contributed by atoms with van der Waals surface area (Å²) < 4.78 is 25.2. The van der Waals surface area contributed by atoms with Crippen LogP contribution in [-0.4, -0.2) is 37.1 Å². The normalized spacial score (nSPS) is 20.6. The molecule has 1 aliphatic heterocycles. The molecule has 0 saturated heterocycles. The summed E-state index contributed by atoms with van der Waals surface area (Å²) in [6.07, 6.45) is 3.13. The van der Waals surface area contributed by atoms with E-state index in [1.807, 2.05) is 37.3 Å². The van der Waals surface area contributed by atoms with Crippen molar-refractivity contribution in [2.75, 3.05) is 19.8 Å². The largest absolute Gasteiger partial charge is 0.459 e. The van der Waals surface area contributed by atoms with Crippen molar-refractivity contribution >= 4 is 5.91 Å². The molecule has 0 aromatic heterocycles. The maximum absolute atomic E-state index is 13.5. The molecule has 31 heavy (non-hydrogen) atoms. The standard InChI is InChI=1S/C25H30FNO4/c1-2-30-25-21(9-6-16-28)22(19-10-12-20(26)13-11-19)17-23(31-25)24(29)27-15-14-18-7-4-3-5-8-18/h3-5,7-8,10-13,17,21-22,25,28H,2,6,9,14-16H2,1H3,(H,27,29)/t21-,22+,25+/m1/s1. The lowest BCUT2D eigenvalue weighted by Gasteiger charge is -2.37. The van der Waals surface area contributed by atoms with Gasteiger partial charge in [0.25, 0.3) is 5.91 Å². The van der Waals surface area contributed by atoms with E-state index in [0.29, 0.717) is 26.0 Å². The van der Waals surface area contributed by atoms with Crippen molar-refractivity contribution in [3.63, 3.8) is 0 Å². The van der Waals surface area contributed by atoms with Crippen LogP contribution in [0.15, 0.2) is 66.4 Å². The smallest absolute Gasteiger partial charge is 0.286 e. The molecule has 1 aliphatic rings. The zero-order chi connectivity index (χ0) is 22.1. The number of amides is 1. The van der Waals surface area contributed by atoms with Gasteiger partial charge in [-0.1, -0.05) is 42.5 Å². The van der Waals surface area contributed by atoms with E-state index in [1.54, 1.807) is 18.2 Å². The minimum atomic E-state index is -0.619. The second-order valence-electron chi connectivity index (χ2n) is 7.57. The Bertz CT molecular complexity index is 854. The van der Waals surface area contributed by atoms with Gasteiger partial charge in [-0.15, -0.1) is 0 Å². The number of aliphatic hydroxyl groups is 1. The molecule has 2 N–H and O–H groups in total. The number of nitrogens with one attached hydrogen (secondary N) is 1. The molecule has 3 rings (SSSR count). The molecule has 2 aromatic rings. The van der Waals surface area contributed by atoms with Crippen molar-refractivity contribution in [1.29, 1.82) is 0 Å². The molecule has 5 nitrogen and oxygen atoms in total. The highest BCUT2D eigenvalue weighted by Crippen LogP contribution is 2.39. The number of allylic oxidation sites excluding steroid dienone is 1. The number of aliphatic hydroxyl groups excluding tert-OH is 1. The van der Waals surface area contributed by atoms with E-state index < -0.39 is 6.29 Å². The van der Waals surface area contributed by atoms with Gasteiger partial charge in [0.1, 0.15) is 5.82 Å². The molecule has 0 aliphatic carbocycles. The van der Waals surface area contributed by atoms with Crippen LogP contribution in [0.25, 0.3) is 0 Å². The maximum Gasteiger partial charge on any atom is 0.286 e. The Morgan fingerprint density at radius 1 is 1.16 bits per heavy atom. The molecule has 3 atom stereocenters. The fourth-order valence-corrected chi connectivity index (χ4v) is 3.88. The monoisotopic (exact) mass is 427 g/mol. The predicted molar refractivity (Wildman–Crippen MR) is 117 cm³/mol. The lowest BCUT2D eigenvalue weighted by Crippen LogP contribution is -2.39. The fraction of sp³-hybridized carbons (Fsp3) is 0.400. The highest BCUT2D eigenvalue weighted by atomic mass is 19.1. The Balaban J connectivity index is 1.78. The summed E-state index contributed by atoms with van der Waals surface area (Å²) in [6, 6.07) is 16.2. The predicted octanol–water partition coefficient (Wildman–Crippen LogP) is 3.93. The van der Waals surface area contributed by atoms with E-state index >= 15 is 0 Å². The Labute approximate surface area is 182 Å². The van der Waals surface area contributed by atoms with Crippen molar-refractivity contribution in [2.24, 2.45) is 5.92 Å². The van der Waals surface area contributed by atoms with Crippen molar-refractivity contribution < 1.29 is 23.8 Å². The second-order valence-corrected chi connectivity index (χ2v) is 7.57. The molecule has 2 aromatic carbocycles. The van der Waals surface area contributed by atoms with Crippen molar-refractivity contribution in [2.45, 2.75) is 38.4 Å². The van der Waals surface area contributed by atoms with Crippen LogP contribution in [0.5, 0.6) is 0 Å². The van der Waals surface area contributed by atoms with Gasteiger partial charge in [-0.05, 0) is 55.5 Å². The molecule has 0 bridgehead atoms. The minimum Gasteiger partial charge on any atom is -0.459 e. The maximum atomic E-state index is 13.5. The number of rotatable bonds is 10. The molecule has 166 valence electrons. The zero-order valence-electron chi connectivity index (χ0n) is 17.8. The number of carbonyl (C=O) groups excluding carboxylic acids is 1. The number of halogens is 1. The first-order valence-corrected chi connectivity index (χ1v) is 10.8. The topological polar surface area (TPSA) is 67.8 Å². The SMILES string of the molecule is CCO[C@H]1OC(C(=O)NCCc2ccccc2)=C[C@@H](c2ccc(F)cc2)[C@H]1CCCO. The highest BCUT2D eigenvalue weighted by molar-refractivity contribution is 5.91. The summed E-state index contributed by atoms with van der Waals surface area (Å²) in [5.41, 5.74) is 2.02. The van der Waals surface area contributed by atoms with Gasteiger partial charge in [-0.2, -0.15) is 0 Å². The van der Waals surface area contributed by atoms with Gasteiger partial charge in [-0.25, -0.2) is 4.39 Å². The van der Waals surface area contributed by atoms with Crippen LogP contribution in [-0.2, 0) is 20.7 Å². The van der Waals surface area contributed by atoms with Gasteiger partial charge < -0.3 is 19.9 Å². The van der Waals surface area contributed by atoms with Crippen molar-refractivity contribution in [1.82, 2.24) is 5.32 Å². The first-order chi connectivity index (χ1) is 15.1. The van der Waals surface area contributed by atoms with E-state index in [2.05, 4.69) is 5.32 Å². The molecule has 0 unspecified atom stereocenters. The third-order valence-electron chi connectivity index (χ3n) is 5.43. The number of hydrogen-bond donors (Lipinski definition) is 2. The summed E-state index contributed by atoms with van der Waals surface area (Å²) in [7, 11) is 0. The van der Waals surface area contributed by atoms with Gasteiger partial charge in [0.05, 0.1) is 0 Å². The Hall–Kier alpha value is -2.70. The molecule has 6 heteroatoms. The molecule has 1 amide bonds. The number of benzene rings is 2. The Morgan fingerprint density at radius 2 is 1.90 bits per heavy atom. The van der Waals surface area contributed by atoms with E-state index in [-0.39, 0.29) is 35.9 Å². The average molecular weight is 428 g/mol. The van der Waals surface area contributed by atoms with Crippen LogP contribution < -0.4 is 5.32 Å². The molecule has 1 heterocycles. The summed E-state index contributed by atoms with van der Waals surface area (Å²) >= 11 is 0. The van der Waals surface area contributed by atoms with Crippen LogP contribution in [0.1, 0.15) is 36.8 Å². The van der Waals surface area contributed by atoms with E-state index in [9.17, 15) is 14.3 Å². The molecular weight excluding hydrogens is 397 g/mol. The van der Waals surface area contributed by atoms with Gasteiger partial charge >= 0.3 is 0 Å². The first-order valence-electron chi connectivity index (χ1n) is 10.8. The number of ether oxygens (including phenoxy) is 2. The lowest BCUT2D eigenvalue weighted by atomic mass is 9.80. The number of hydrogen-bond acceptors (Lipinski definition) is 4. The van der Waals surface area contributed by atoms with Crippen LogP contribution in [0, 0.1) is 11.7 Å². The fourth-order valence-electron chi connectivity index (χ4n) is 3.88. The van der Waals surface area contributed by atoms with Crippen LogP contribution in [0.3, 0.4) is 0 Å². The van der Waals surface area contributed by atoms with Gasteiger partial charge in [0.2, 0.25) is 6.29 Å². The second kappa shape index (κ2) is 11.6. The number of carbonyl (C=O) groups is 1. The molecular formula is C25H30FNO4. The van der Waals surface area contributed by atoms with Crippen molar-refractivity contribution in [3.8, 4) is 0 Å². The summed E-state index contributed by atoms with van der Waals surface area (Å²) in [6.45, 7) is 2.84. The molecule has 0 spiro atoms. The van der Waals surface area contributed by atoms with E-state index in [1.165, 1.54) is 12.1 Å². The summed E-state index contributed by atoms with van der Waals surface area (Å²) in [4.78, 5) is 12.8. The third kappa shape index (κ3) is 6.39. The molecule has 0 saturated carbocycles. The van der Waals surface area contributed by atoms with Gasteiger partial charge in [0, 0.05) is 31.6 Å². The quantitative estimate of drug-likeness (QED) is 0.603. The highest BCUT2D eigenvalue weighted by Gasteiger charge is 2.37.